The molecule has 2 rings (SSSR count). The first kappa shape index (κ1) is 21.8. The zero-order chi connectivity index (χ0) is 20.5. The van der Waals surface area contributed by atoms with Gasteiger partial charge in [-0.05, 0) is 56.1 Å². The number of hydrogen-bond acceptors (Lipinski definition) is 4. The molecular formula is C20H23F2N3O2S. The van der Waals surface area contributed by atoms with Crippen LogP contribution in [0.4, 0.5) is 14.5 Å². The summed E-state index contributed by atoms with van der Waals surface area (Å²) in [5.74, 6) is -0.878. The zero-order valence-corrected chi connectivity index (χ0v) is 16.6. The molecule has 28 heavy (non-hydrogen) atoms. The Morgan fingerprint density at radius 2 is 1.46 bits per heavy atom. The normalized spacial score (nSPS) is 11.9. The molecule has 0 fully saturated rings. The number of thioether (sulfide) groups is 1. The molecule has 0 heterocycles. The molecule has 0 aromatic heterocycles. The van der Waals surface area contributed by atoms with E-state index in [9.17, 15) is 18.4 Å². The van der Waals surface area contributed by atoms with Crippen molar-refractivity contribution in [2.45, 2.75) is 6.04 Å². The molecule has 2 N–H and O–H groups in total. The second-order valence-electron chi connectivity index (χ2n) is 6.38. The number of nitrogens with one attached hydrogen (secondary N) is 2. The molecule has 0 radical (unpaired) electrons. The minimum Gasteiger partial charge on any atom is -0.353 e. The van der Waals surface area contributed by atoms with Crippen molar-refractivity contribution in [1.29, 1.82) is 0 Å². The summed E-state index contributed by atoms with van der Waals surface area (Å²) < 4.78 is 25.9. The zero-order valence-electron chi connectivity index (χ0n) is 15.7. The van der Waals surface area contributed by atoms with E-state index < -0.39 is 0 Å². The Bertz CT molecular complexity index is 783. The van der Waals surface area contributed by atoms with Gasteiger partial charge in [0, 0.05) is 12.2 Å². The molecule has 0 saturated heterocycles. The van der Waals surface area contributed by atoms with Gasteiger partial charge in [-0.2, -0.15) is 0 Å². The molecule has 1 unspecified atom stereocenters. The molecule has 150 valence electrons. The highest BCUT2D eigenvalue weighted by Gasteiger charge is 2.15. The summed E-state index contributed by atoms with van der Waals surface area (Å²) in [6.45, 7) is 0.375. The van der Waals surface area contributed by atoms with Crippen LogP contribution < -0.4 is 10.6 Å². The number of halogens is 2. The summed E-state index contributed by atoms with van der Waals surface area (Å²) in [5.41, 5.74) is 1.41. The molecule has 2 amide bonds. The van der Waals surface area contributed by atoms with Gasteiger partial charge in [-0.25, -0.2) is 8.78 Å². The quantitative estimate of drug-likeness (QED) is 0.671. The topological polar surface area (TPSA) is 61.4 Å². The highest BCUT2D eigenvalue weighted by Crippen LogP contribution is 2.18. The van der Waals surface area contributed by atoms with Gasteiger partial charge < -0.3 is 15.5 Å². The third-order valence-corrected chi connectivity index (χ3v) is 4.90. The van der Waals surface area contributed by atoms with Crippen molar-refractivity contribution in [3.63, 3.8) is 0 Å². The number of carbonyl (C=O) groups is 2. The number of anilines is 1. The summed E-state index contributed by atoms with van der Waals surface area (Å²) in [6.07, 6.45) is 0. The number of rotatable bonds is 9. The molecule has 1 atom stereocenters. The maximum atomic E-state index is 13.1. The molecule has 0 aliphatic rings. The van der Waals surface area contributed by atoms with Crippen LogP contribution in [-0.4, -0.2) is 48.9 Å². The van der Waals surface area contributed by atoms with Gasteiger partial charge in [0.05, 0.1) is 17.5 Å². The highest BCUT2D eigenvalue weighted by molar-refractivity contribution is 8.00. The second-order valence-corrected chi connectivity index (χ2v) is 7.37. The minimum atomic E-state index is -0.374. The lowest BCUT2D eigenvalue weighted by molar-refractivity contribution is -0.118. The van der Waals surface area contributed by atoms with Crippen LogP contribution in [0, 0.1) is 11.6 Å². The third-order valence-electron chi connectivity index (χ3n) is 3.96. The van der Waals surface area contributed by atoms with Crippen molar-refractivity contribution in [2.75, 3.05) is 37.5 Å². The van der Waals surface area contributed by atoms with Gasteiger partial charge >= 0.3 is 0 Å². The van der Waals surface area contributed by atoms with Crippen LogP contribution in [0.1, 0.15) is 11.6 Å². The Kier molecular flexibility index (Phi) is 8.41. The Balaban J connectivity index is 1.73. The lowest BCUT2D eigenvalue weighted by atomic mass is 10.1. The number of benzene rings is 2. The summed E-state index contributed by atoms with van der Waals surface area (Å²) in [6, 6.07) is 11.6. The maximum absolute atomic E-state index is 13.1. The third kappa shape index (κ3) is 7.28. The van der Waals surface area contributed by atoms with E-state index in [1.807, 2.05) is 19.0 Å². The standard InChI is InChI=1S/C20H23F2N3O2S/c1-25(2)18(14-3-5-15(21)6-4-14)11-23-19(26)12-28-13-20(27)24-17-9-7-16(22)8-10-17/h3-10,18H,11-13H2,1-2H3,(H,23,26)(H,24,27). The summed E-state index contributed by atoms with van der Waals surface area (Å²) in [7, 11) is 3.77. The molecule has 2 aromatic carbocycles. The largest absolute Gasteiger partial charge is 0.353 e. The lowest BCUT2D eigenvalue weighted by Gasteiger charge is -2.25. The summed E-state index contributed by atoms with van der Waals surface area (Å²) >= 11 is 1.19. The van der Waals surface area contributed by atoms with Crippen molar-refractivity contribution in [3.05, 3.63) is 65.7 Å². The Labute approximate surface area is 167 Å². The molecule has 0 aliphatic carbocycles. The first-order chi connectivity index (χ1) is 13.3. The molecule has 5 nitrogen and oxygen atoms in total. The van der Waals surface area contributed by atoms with E-state index in [2.05, 4.69) is 10.6 Å². The van der Waals surface area contributed by atoms with E-state index in [0.717, 1.165) is 5.56 Å². The minimum absolute atomic E-state index is 0.0867. The number of nitrogens with zero attached hydrogens (tertiary/aromatic N) is 1. The first-order valence-corrected chi connectivity index (χ1v) is 9.82. The molecule has 0 bridgehead atoms. The van der Waals surface area contributed by atoms with Gasteiger partial charge in [-0.3, -0.25) is 9.59 Å². The monoisotopic (exact) mass is 407 g/mol. The van der Waals surface area contributed by atoms with Crippen molar-refractivity contribution < 1.29 is 18.4 Å². The van der Waals surface area contributed by atoms with Gasteiger partial charge in [0.25, 0.3) is 0 Å². The molecule has 8 heteroatoms. The first-order valence-electron chi connectivity index (χ1n) is 8.67. The van der Waals surface area contributed by atoms with Crippen LogP contribution in [0.25, 0.3) is 0 Å². The van der Waals surface area contributed by atoms with Crippen LogP contribution in [0.5, 0.6) is 0 Å². The molecule has 2 aromatic rings. The predicted molar refractivity (Wildman–Crippen MR) is 108 cm³/mol. The number of carbonyl (C=O) groups excluding carboxylic acids is 2. The maximum Gasteiger partial charge on any atom is 0.234 e. The van der Waals surface area contributed by atoms with Gasteiger partial charge in [-0.15, -0.1) is 11.8 Å². The predicted octanol–water partition coefficient (Wildman–Crippen LogP) is 3.06. The van der Waals surface area contributed by atoms with Crippen molar-refractivity contribution in [1.82, 2.24) is 10.2 Å². The molecule has 0 saturated carbocycles. The molecule has 0 spiro atoms. The van der Waals surface area contributed by atoms with Gasteiger partial charge in [-0.1, -0.05) is 12.1 Å². The Hall–Kier alpha value is -2.45. The fourth-order valence-electron chi connectivity index (χ4n) is 2.51. The number of likely N-dealkylation sites (N-methyl/N-ethyl adjacent to an activating group) is 1. The van der Waals surface area contributed by atoms with Crippen LogP contribution in [0.2, 0.25) is 0 Å². The van der Waals surface area contributed by atoms with E-state index in [4.69, 9.17) is 0 Å². The fourth-order valence-corrected chi connectivity index (χ4v) is 3.16. The van der Waals surface area contributed by atoms with Gasteiger partial charge in [0.15, 0.2) is 0 Å². The SMILES string of the molecule is CN(C)C(CNC(=O)CSCC(=O)Nc1ccc(F)cc1)c1ccc(F)cc1. The van der Waals surface area contributed by atoms with Crippen LogP contribution in [0.3, 0.4) is 0 Å². The Morgan fingerprint density at radius 3 is 2.04 bits per heavy atom. The highest BCUT2D eigenvalue weighted by atomic mass is 32.2. The van der Waals surface area contributed by atoms with Gasteiger partial charge in [0.1, 0.15) is 11.6 Å². The van der Waals surface area contributed by atoms with E-state index in [1.165, 1.54) is 48.2 Å². The van der Waals surface area contributed by atoms with E-state index in [1.54, 1.807) is 12.1 Å². The average Bonchev–Trinajstić information content (AvgIpc) is 2.65. The summed E-state index contributed by atoms with van der Waals surface area (Å²) in [4.78, 5) is 25.8. The molecule has 0 aliphatic heterocycles. The number of amides is 2. The van der Waals surface area contributed by atoms with Crippen molar-refractivity contribution in [3.8, 4) is 0 Å². The van der Waals surface area contributed by atoms with Crippen LogP contribution in [-0.2, 0) is 9.59 Å². The Morgan fingerprint density at radius 1 is 0.929 bits per heavy atom. The smallest absolute Gasteiger partial charge is 0.234 e. The van der Waals surface area contributed by atoms with Crippen molar-refractivity contribution in [2.24, 2.45) is 0 Å². The fraction of sp³-hybridized carbons (Fsp3) is 0.300. The molecular weight excluding hydrogens is 384 g/mol. The number of hydrogen-bond donors (Lipinski definition) is 2. The van der Waals surface area contributed by atoms with Gasteiger partial charge in [0.2, 0.25) is 11.8 Å². The lowest BCUT2D eigenvalue weighted by Crippen LogP contribution is -2.35. The van der Waals surface area contributed by atoms with Crippen molar-refractivity contribution >= 4 is 29.3 Å². The second kappa shape index (κ2) is 10.8. The van der Waals surface area contributed by atoms with E-state index >= 15 is 0 Å². The van der Waals surface area contributed by atoms with Crippen LogP contribution in [0.15, 0.2) is 48.5 Å². The summed E-state index contributed by atoms with van der Waals surface area (Å²) in [5, 5.41) is 5.48. The average molecular weight is 407 g/mol. The van der Waals surface area contributed by atoms with Crippen LogP contribution >= 0.6 is 11.8 Å². The van der Waals surface area contributed by atoms with E-state index in [-0.39, 0.29) is 41.0 Å². The van der Waals surface area contributed by atoms with E-state index in [0.29, 0.717) is 12.2 Å².